The predicted octanol–water partition coefficient (Wildman–Crippen LogP) is 2.26. The highest BCUT2D eigenvalue weighted by Gasteiger charge is 2.19. The molecule has 0 radical (unpaired) electrons. The number of rotatable bonds is 2. The van der Waals surface area contributed by atoms with Crippen LogP contribution in [-0.2, 0) is 4.79 Å². The van der Waals surface area contributed by atoms with Gasteiger partial charge in [0.25, 0.3) is 5.56 Å². The zero-order chi connectivity index (χ0) is 14.0. The van der Waals surface area contributed by atoms with E-state index in [-0.39, 0.29) is 29.2 Å². The molecule has 0 amide bonds. The molecule has 1 heterocycles. The number of fused-ring (bicyclic) bond motifs is 1. The van der Waals surface area contributed by atoms with Crippen LogP contribution in [-0.4, -0.2) is 16.2 Å². The highest BCUT2D eigenvalue weighted by molar-refractivity contribution is 5.87. The largest absolute Gasteiger partial charge is 0.405 e. The normalized spacial score (nSPS) is 11.5. The molecule has 1 aromatic carbocycles. The monoisotopic (exact) mass is 260 g/mol. The molecular weight excluding hydrogens is 244 g/mol. The lowest BCUT2D eigenvalue weighted by Crippen LogP contribution is -2.19. The summed E-state index contributed by atoms with van der Waals surface area (Å²) in [5, 5.41) is 7.11. The second-order valence-electron chi connectivity index (χ2n) is 5.61. The van der Waals surface area contributed by atoms with Crippen LogP contribution in [0.25, 0.3) is 10.8 Å². The van der Waals surface area contributed by atoms with Crippen molar-refractivity contribution >= 4 is 16.7 Å². The molecule has 0 saturated carbocycles. The van der Waals surface area contributed by atoms with Crippen molar-refractivity contribution in [3.8, 4) is 5.88 Å². The summed E-state index contributed by atoms with van der Waals surface area (Å²) >= 11 is 0. The third-order valence-electron chi connectivity index (χ3n) is 2.55. The Balaban J connectivity index is 2.34. The fourth-order valence-corrected chi connectivity index (χ4v) is 1.74. The molecule has 2 rings (SSSR count). The van der Waals surface area contributed by atoms with E-state index in [9.17, 15) is 9.59 Å². The third kappa shape index (κ3) is 3.19. The average Bonchev–Trinajstić information content (AvgIpc) is 2.31. The van der Waals surface area contributed by atoms with Crippen molar-refractivity contribution < 1.29 is 9.53 Å². The number of carbonyl (C=O) groups excluding carboxylic acids is 1. The Morgan fingerprint density at radius 2 is 1.89 bits per heavy atom. The summed E-state index contributed by atoms with van der Waals surface area (Å²) in [6, 6.07) is 6.89. The number of benzene rings is 1. The first-order chi connectivity index (χ1) is 8.87. The van der Waals surface area contributed by atoms with Gasteiger partial charge in [0.1, 0.15) is 0 Å². The molecule has 1 N–H and O–H groups in total. The molecule has 100 valence electrons. The van der Waals surface area contributed by atoms with Crippen molar-refractivity contribution in [3.63, 3.8) is 0 Å². The van der Waals surface area contributed by atoms with Crippen molar-refractivity contribution in [2.45, 2.75) is 27.2 Å². The van der Waals surface area contributed by atoms with Gasteiger partial charge in [-0.1, -0.05) is 32.9 Å². The Kier molecular flexibility index (Phi) is 3.38. The lowest BCUT2D eigenvalue weighted by molar-refractivity contribution is -0.136. The van der Waals surface area contributed by atoms with Crippen LogP contribution in [0.5, 0.6) is 5.88 Å². The van der Waals surface area contributed by atoms with Gasteiger partial charge in [0.15, 0.2) is 0 Å². The summed E-state index contributed by atoms with van der Waals surface area (Å²) in [6.45, 7) is 5.85. The molecule has 0 spiro atoms. The summed E-state index contributed by atoms with van der Waals surface area (Å²) in [5.41, 5.74) is -0.457. The summed E-state index contributed by atoms with van der Waals surface area (Å²) in [5.74, 6) is -0.221. The van der Waals surface area contributed by atoms with Crippen LogP contribution >= 0.6 is 0 Å². The maximum atomic E-state index is 11.8. The Bertz CT molecular complexity index is 668. The molecule has 2 aromatic rings. The summed E-state index contributed by atoms with van der Waals surface area (Å²) < 4.78 is 5.24. The lowest BCUT2D eigenvalue weighted by atomic mass is 9.92. The van der Waals surface area contributed by atoms with Crippen molar-refractivity contribution in [2.75, 3.05) is 0 Å². The first kappa shape index (κ1) is 13.3. The Morgan fingerprint density at radius 3 is 2.53 bits per heavy atom. The van der Waals surface area contributed by atoms with Crippen molar-refractivity contribution in [1.29, 1.82) is 0 Å². The number of carbonyl (C=O) groups is 1. The maximum Gasteiger partial charge on any atom is 0.313 e. The number of nitrogens with one attached hydrogen (secondary N) is 1. The van der Waals surface area contributed by atoms with E-state index in [0.717, 1.165) is 0 Å². The van der Waals surface area contributed by atoms with E-state index in [1.165, 1.54) is 0 Å². The summed E-state index contributed by atoms with van der Waals surface area (Å²) in [6.07, 6.45) is 0.280. The Labute approximate surface area is 110 Å². The minimum atomic E-state index is -0.364. The van der Waals surface area contributed by atoms with Crippen LogP contribution in [0.3, 0.4) is 0 Å². The first-order valence-electron chi connectivity index (χ1n) is 6.05. The SMILES string of the molecule is CC(C)(C)CC(=O)Oc1n[nH]c(=O)c2ccccc12. The molecule has 19 heavy (non-hydrogen) atoms. The van der Waals surface area contributed by atoms with Crippen LogP contribution < -0.4 is 10.3 Å². The molecule has 0 aliphatic heterocycles. The van der Waals surface area contributed by atoms with Gasteiger partial charge in [-0.05, 0) is 17.5 Å². The van der Waals surface area contributed by atoms with Gasteiger partial charge in [-0.15, -0.1) is 5.10 Å². The fraction of sp³-hybridized carbons (Fsp3) is 0.357. The average molecular weight is 260 g/mol. The van der Waals surface area contributed by atoms with Crippen LogP contribution in [0, 0.1) is 5.41 Å². The van der Waals surface area contributed by atoms with Crippen molar-refractivity contribution in [3.05, 3.63) is 34.6 Å². The number of hydrogen-bond acceptors (Lipinski definition) is 4. The molecule has 0 atom stereocenters. The molecule has 0 aliphatic rings. The summed E-state index contributed by atoms with van der Waals surface area (Å²) in [7, 11) is 0. The second kappa shape index (κ2) is 4.84. The van der Waals surface area contributed by atoms with Crippen LogP contribution in [0.4, 0.5) is 0 Å². The molecule has 0 saturated heterocycles. The van der Waals surface area contributed by atoms with Crippen molar-refractivity contribution in [1.82, 2.24) is 10.2 Å². The minimum absolute atomic E-state index is 0.143. The highest BCUT2D eigenvalue weighted by atomic mass is 16.5. The number of aromatic amines is 1. The molecule has 0 unspecified atom stereocenters. The Morgan fingerprint density at radius 1 is 1.26 bits per heavy atom. The smallest absolute Gasteiger partial charge is 0.313 e. The molecule has 0 fully saturated rings. The number of hydrogen-bond donors (Lipinski definition) is 1. The van der Waals surface area contributed by atoms with E-state index in [4.69, 9.17) is 4.74 Å². The predicted molar refractivity (Wildman–Crippen MR) is 72.1 cm³/mol. The van der Waals surface area contributed by atoms with E-state index in [2.05, 4.69) is 10.2 Å². The van der Waals surface area contributed by atoms with Gasteiger partial charge in [-0.2, -0.15) is 0 Å². The van der Waals surface area contributed by atoms with E-state index < -0.39 is 0 Å². The van der Waals surface area contributed by atoms with Gasteiger partial charge < -0.3 is 4.74 Å². The number of aromatic nitrogens is 2. The number of ether oxygens (including phenoxy) is 1. The fourth-order valence-electron chi connectivity index (χ4n) is 1.74. The zero-order valence-electron chi connectivity index (χ0n) is 11.2. The van der Waals surface area contributed by atoms with Gasteiger partial charge >= 0.3 is 5.97 Å². The molecule has 5 heteroatoms. The molecule has 5 nitrogen and oxygen atoms in total. The van der Waals surface area contributed by atoms with Gasteiger partial charge in [0, 0.05) is 0 Å². The minimum Gasteiger partial charge on any atom is -0.405 e. The lowest BCUT2D eigenvalue weighted by Gasteiger charge is -2.16. The standard InChI is InChI=1S/C14H16N2O3/c1-14(2,3)8-11(17)19-13-10-7-5-4-6-9(10)12(18)15-16-13/h4-7H,8H2,1-3H3,(H,15,18). The quantitative estimate of drug-likeness (QED) is 0.841. The number of esters is 1. The number of H-pyrrole nitrogens is 1. The van der Waals surface area contributed by atoms with Crippen LogP contribution in [0.2, 0.25) is 0 Å². The van der Waals surface area contributed by atoms with E-state index in [1.54, 1.807) is 24.3 Å². The van der Waals surface area contributed by atoms with Gasteiger partial charge in [-0.25, -0.2) is 5.10 Å². The molecule has 1 aromatic heterocycles. The first-order valence-corrected chi connectivity index (χ1v) is 6.05. The van der Waals surface area contributed by atoms with Crippen LogP contribution in [0.15, 0.2) is 29.1 Å². The van der Waals surface area contributed by atoms with Gasteiger partial charge in [0.2, 0.25) is 5.88 Å². The Hall–Kier alpha value is -2.17. The summed E-state index contributed by atoms with van der Waals surface area (Å²) in [4.78, 5) is 23.4. The molecule has 0 bridgehead atoms. The topological polar surface area (TPSA) is 72.0 Å². The van der Waals surface area contributed by atoms with E-state index in [0.29, 0.717) is 10.8 Å². The van der Waals surface area contributed by atoms with Crippen molar-refractivity contribution in [2.24, 2.45) is 5.41 Å². The molecule has 0 aliphatic carbocycles. The maximum absolute atomic E-state index is 11.8. The highest BCUT2D eigenvalue weighted by Crippen LogP contribution is 2.23. The second-order valence-corrected chi connectivity index (χ2v) is 5.61. The van der Waals surface area contributed by atoms with E-state index in [1.807, 2.05) is 20.8 Å². The van der Waals surface area contributed by atoms with Gasteiger partial charge in [-0.3, -0.25) is 9.59 Å². The molecular formula is C14H16N2O3. The van der Waals surface area contributed by atoms with Crippen LogP contribution in [0.1, 0.15) is 27.2 Å². The number of nitrogens with zero attached hydrogens (tertiary/aromatic N) is 1. The van der Waals surface area contributed by atoms with E-state index >= 15 is 0 Å². The zero-order valence-corrected chi connectivity index (χ0v) is 11.2. The van der Waals surface area contributed by atoms with Gasteiger partial charge in [0.05, 0.1) is 17.2 Å². The third-order valence-corrected chi connectivity index (χ3v) is 2.55.